The molecule has 0 bridgehead atoms. The van der Waals surface area contributed by atoms with E-state index >= 15 is 0 Å². The van der Waals surface area contributed by atoms with Gasteiger partial charge in [-0.3, -0.25) is 4.79 Å². The molecule has 0 saturated carbocycles. The first-order valence-corrected chi connectivity index (χ1v) is 8.84. The van der Waals surface area contributed by atoms with Crippen molar-refractivity contribution in [2.45, 2.75) is 0 Å². The smallest absolute Gasteiger partial charge is 0.257 e. The summed E-state index contributed by atoms with van der Waals surface area (Å²) in [4.78, 5) is 12.5. The van der Waals surface area contributed by atoms with Crippen molar-refractivity contribution in [2.24, 2.45) is 5.73 Å². The maximum absolute atomic E-state index is 12.3. The molecule has 0 spiro atoms. The van der Waals surface area contributed by atoms with E-state index in [2.05, 4.69) is 53.1 Å². The van der Waals surface area contributed by atoms with Gasteiger partial charge in [0.25, 0.3) is 5.91 Å². The van der Waals surface area contributed by atoms with Crippen LogP contribution in [0.2, 0.25) is 0 Å². The normalized spacial score (nSPS) is 10.3. The number of rotatable bonds is 3. The van der Waals surface area contributed by atoms with Crippen molar-refractivity contribution in [2.75, 3.05) is 5.32 Å². The summed E-state index contributed by atoms with van der Waals surface area (Å²) in [6, 6.07) is 7.10. The minimum absolute atomic E-state index is 0.227. The second-order valence-corrected chi connectivity index (χ2v) is 8.85. The lowest BCUT2D eigenvalue weighted by molar-refractivity contribution is 0.102. The number of hydrogen-bond donors (Lipinski definition) is 2. The first kappa shape index (κ1) is 16.1. The summed E-state index contributed by atoms with van der Waals surface area (Å²) in [5, 5.41) is 2.82. The molecule has 0 unspecified atom stereocenters. The molecule has 0 atom stereocenters. The number of hydrogen-bond acceptors (Lipinski definition) is 3. The van der Waals surface area contributed by atoms with Crippen molar-refractivity contribution in [3.8, 4) is 0 Å². The lowest BCUT2D eigenvalue weighted by atomic mass is 10.1. The van der Waals surface area contributed by atoms with Gasteiger partial charge in [0, 0.05) is 10.0 Å². The molecule has 8 heteroatoms. The van der Waals surface area contributed by atoms with Gasteiger partial charge in [-0.25, -0.2) is 0 Å². The Kier molecular flexibility index (Phi) is 5.36. The average Bonchev–Trinajstić information content (AvgIpc) is 2.68. The van der Waals surface area contributed by atoms with Crippen LogP contribution < -0.4 is 11.1 Å². The molecule has 0 aliphatic rings. The van der Waals surface area contributed by atoms with Crippen molar-refractivity contribution >= 4 is 87.9 Å². The minimum atomic E-state index is -0.227. The molecule has 0 fully saturated rings. The maximum atomic E-state index is 12.3. The Morgan fingerprint density at radius 2 is 1.90 bits per heavy atom. The lowest BCUT2D eigenvalue weighted by Crippen LogP contribution is -2.17. The molecule has 3 nitrogen and oxygen atoms in total. The van der Waals surface area contributed by atoms with Crippen LogP contribution in [0.15, 0.2) is 36.3 Å². The first-order valence-electron chi connectivity index (χ1n) is 5.24. The van der Waals surface area contributed by atoms with Crippen LogP contribution in [-0.4, -0.2) is 10.9 Å². The lowest BCUT2D eigenvalue weighted by Gasteiger charge is -2.10. The molecule has 0 aliphatic heterocycles. The van der Waals surface area contributed by atoms with Gasteiger partial charge in [0.1, 0.15) is 4.99 Å². The van der Waals surface area contributed by atoms with E-state index in [4.69, 9.17) is 18.0 Å². The van der Waals surface area contributed by atoms with Gasteiger partial charge in [0.05, 0.1) is 18.8 Å². The Balaban J connectivity index is 2.34. The van der Waals surface area contributed by atoms with Crippen LogP contribution in [0, 0.1) is 0 Å². The molecule has 0 saturated heterocycles. The fourth-order valence-electron chi connectivity index (χ4n) is 1.52. The van der Waals surface area contributed by atoms with E-state index in [1.165, 1.54) is 11.3 Å². The largest absolute Gasteiger partial charge is 0.389 e. The zero-order valence-corrected chi connectivity index (χ0v) is 16.1. The van der Waals surface area contributed by atoms with E-state index in [9.17, 15) is 4.79 Å². The topological polar surface area (TPSA) is 55.1 Å². The summed E-state index contributed by atoms with van der Waals surface area (Å²) in [7, 11) is 0. The number of carbonyl (C=O) groups is 1. The number of thiophene rings is 1. The van der Waals surface area contributed by atoms with E-state index in [0.29, 0.717) is 16.8 Å². The molecule has 1 aromatic heterocycles. The second kappa shape index (κ2) is 6.65. The zero-order chi connectivity index (χ0) is 14.9. The van der Waals surface area contributed by atoms with Crippen LogP contribution in [0.4, 0.5) is 5.69 Å². The zero-order valence-electron chi connectivity index (χ0n) is 9.75. The Hall–Kier alpha value is -0.280. The molecule has 104 valence electrons. The first-order chi connectivity index (χ1) is 9.38. The molecule has 0 aliphatic carbocycles. The molecule has 1 amide bonds. The number of nitrogens with one attached hydrogen (secondary N) is 1. The van der Waals surface area contributed by atoms with Crippen molar-refractivity contribution in [1.29, 1.82) is 0 Å². The number of halogens is 3. The average molecular weight is 499 g/mol. The monoisotopic (exact) mass is 496 g/mol. The van der Waals surface area contributed by atoms with Crippen LogP contribution in [0.1, 0.15) is 15.9 Å². The third-order valence-corrected chi connectivity index (χ3v) is 5.45. The van der Waals surface area contributed by atoms with Gasteiger partial charge in [-0.2, -0.15) is 0 Å². The molecule has 0 radical (unpaired) electrons. The molecule has 1 aromatic carbocycles. The van der Waals surface area contributed by atoms with E-state index < -0.39 is 0 Å². The highest BCUT2D eigenvalue weighted by Gasteiger charge is 2.16. The highest BCUT2D eigenvalue weighted by Crippen LogP contribution is 2.32. The highest BCUT2D eigenvalue weighted by atomic mass is 79.9. The number of nitrogens with two attached hydrogens (primary N) is 1. The van der Waals surface area contributed by atoms with Crippen LogP contribution >= 0.6 is 71.3 Å². The highest BCUT2D eigenvalue weighted by molar-refractivity contribution is 9.12. The number of amides is 1. The van der Waals surface area contributed by atoms with E-state index in [-0.39, 0.29) is 10.9 Å². The summed E-state index contributed by atoms with van der Waals surface area (Å²) in [6.45, 7) is 0. The van der Waals surface area contributed by atoms with Crippen LogP contribution in [0.3, 0.4) is 0 Å². The van der Waals surface area contributed by atoms with E-state index in [1.807, 2.05) is 6.07 Å². The Bertz CT molecular complexity index is 700. The number of thiocarbonyl (C=S) groups is 1. The van der Waals surface area contributed by atoms with Gasteiger partial charge in [-0.05, 0) is 56.1 Å². The standard InChI is InChI=1S/C12H7Br3N2OS2/c13-5-1-2-6(11(16)19)8(3-5)17-12(18)7-4-9(14)20-10(7)15/h1-4H,(H2,16,19)(H,17,18). The summed E-state index contributed by atoms with van der Waals surface area (Å²) in [5.74, 6) is -0.227. The summed E-state index contributed by atoms with van der Waals surface area (Å²) >= 11 is 16.5. The SMILES string of the molecule is NC(=S)c1ccc(Br)cc1NC(=O)c1cc(Br)sc1Br. The van der Waals surface area contributed by atoms with Gasteiger partial charge in [0.2, 0.25) is 0 Å². The summed E-state index contributed by atoms with van der Waals surface area (Å²) < 4.78 is 2.46. The minimum Gasteiger partial charge on any atom is -0.389 e. The second-order valence-electron chi connectivity index (χ2n) is 3.75. The van der Waals surface area contributed by atoms with Crippen LogP contribution in [0.25, 0.3) is 0 Å². The summed E-state index contributed by atoms with van der Waals surface area (Å²) in [6.07, 6.45) is 0. The van der Waals surface area contributed by atoms with E-state index in [0.717, 1.165) is 12.0 Å². The molecule has 20 heavy (non-hydrogen) atoms. The van der Waals surface area contributed by atoms with Gasteiger partial charge < -0.3 is 11.1 Å². The number of benzene rings is 1. The van der Waals surface area contributed by atoms with Crippen molar-refractivity contribution in [1.82, 2.24) is 0 Å². The number of carbonyl (C=O) groups excluding carboxylic acids is 1. The van der Waals surface area contributed by atoms with Crippen LogP contribution in [0.5, 0.6) is 0 Å². The molecular formula is C12H7Br3N2OS2. The quantitative estimate of drug-likeness (QED) is 0.590. The van der Waals surface area contributed by atoms with Crippen LogP contribution in [-0.2, 0) is 0 Å². The molecule has 2 aromatic rings. The third kappa shape index (κ3) is 3.67. The third-order valence-electron chi connectivity index (χ3n) is 2.40. The van der Waals surface area contributed by atoms with Crippen molar-refractivity contribution in [3.63, 3.8) is 0 Å². The maximum Gasteiger partial charge on any atom is 0.257 e. The number of anilines is 1. The molecule has 1 heterocycles. The van der Waals surface area contributed by atoms with Gasteiger partial charge in [-0.15, -0.1) is 11.3 Å². The predicted molar refractivity (Wildman–Crippen MR) is 97.7 cm³/mol. The summed E-state index contributed by atoms with van der Waals surface area (Å²) in [5.41, 5.74) is 7.42. The van der Waals surface area contributed by atoms with Crippen molar-refractivity contribution < 1.29 is 4.79 Å². The van der Waals surface area contributed by atoms with E-state index in [1.54, 1.807) is 18.2 Å². The Labute approximate surface area is 150 Å². The molecule has 2 rings (SSSR count). The molecule has 3 N–H and O–H groups in total. The fraction of sp³-hybridized carbons (Fsp3) is 0. The van der Waals surface area contributed by atoms with Gasteiger partial charge in [-0.1, -0.05) is 28.1 Å². The fourth-order valence-corrected chi connectivity index (χ4v) is 4.85. The Morgan fingerprint density at radius 3 is 2.45 bits per heavy atom. The predicted octanol–water partition coefficient (Wildman–Crippen LogP) is 4.92. The van der Waals surface area contributed by atoms with Crippen molar-refractivity contribution in [3.05, 3.63) is 47.4 Å². The van der Waals surface area contributed by atoms with Gasteiger partial charge in [0.15, 0.2) is 0 Å². The Morgan fingerprint density at radius 1 is 1.20 bits per heavy atom. The van der Waals surface area contributed by atoms with Gasteiger partial charge >= 0.3 is 0 Å². The molecular weight excluding hydrogens is 492 g/mol.